The molecule has 1 saturated heterocycles. The first-order valence-corrected chi connectivity index (χ1v) is 11.3. The summed E-state index contributed by atoms with van der Waals surface area (Å²) in [5.74, 6) is 4.20. The molecule has 0 saturated carbocycles. The molecule has 0 atom stereocenters. The Morgan fingerprint density at radius 2 is 1.18 bits per heavy atom. The topological polar surface area (TPSA) is 139 Å². The summed E-state index contributed by atoms with van der Waals surface area (Å²) in [4.78, 5) is 37.7. The van der Waals surface area contributed by atoms with Crippen LogP contribution in [-0.2, 0) is 13.1 Å². The van der Waals surface area contributed by atoms with Gasteiger partial charge in [-0.2, -0.15) is 0 Å². The summed E-state index contributed by atoms with van der Waals surface area (Å²) in [6.07, 6.45) is 0. The molecule has 184 valence electrons. The van der Waals surface area contributed by atoms with Gasteiger partial charge in [-0.05, 0) is 31.3 Å². The van der Waals surface area contributed by atoms with Gasteiger partial charge in [0.2, 0.25) is 0 Å². The number of hydrogen-bond acceptors (Lipinski definition) is 9. The minimum absolute atomic E-state index is 0.0490. The summed E-state index contributed by atoms with van der Waals surface area (Å²) in [5, 5.41) is 20.2. The number of hydrazine groups is 1. The molecule has 3 heterocycles. The fourth-order valence-corrected chi connectivity index (χ4v) is 3.76. The molecule has 1 aliphatic heterocycles. The third kappa shape index (κ3) is 8.12. The van der Waals surface area contributed by atoms with Crippen LogP contribution in [0, 0.1) is 0 Å². The van der Waals surface area contributed by atoms with Crippen LogP contribution in [0.4, 0.5) is 0 Å². The van der Waals surface area contributed by atoms with E-state index in [9.17, 15) is 19.8 Å². The molecule has 3 rings (SSSR count). The van der Waals surface area contributed by atoms with Crippen molar-refractivity contribution < 1.29 is 19.8 Å². The molecule has 0 bridgehead atoms. The number of aromatic carboxylic acids is 2. The van der Waals surface area contributed by atoms with E-state index in [-0.39, 0.29) is 11.4 Å². The van der Waals surface area contributed by atoms with Gasteiger partial charge in [0.1, 0.15) is 11.4 Å². The van der Waals surface area contributed by atoms with Crippen LogP contribution >= 0.6 is 0 Å². The quantitative estimate of drug-likeness (QED) is 0.501. The molecule has 34 heavy (non-hydrogen) atoms. The Labute approximate surface area is 199 Å². The van der Waals surface area contributed by atoms with Gasteiger partial charge in [-0.1, -0.05) is 12.1 Å². The molecule has 4 N–H and O–H groups in total. The second-order valence-electron chi connectivity index (χ2n) is 8.53. The van der Waals surface area contributed by atoms with E-state index in [0.717, 1.165) is 50.7 Å². The zero-order valence-corrected chi connectivity index (χ0v) is 19.5. The second-order valence-corrected chi connectivity index (χ2v) is 8.53. The fourth-order valence-electron chi connectivity index (χ4n) is 3.76. The highest BCUT2D eigenvalue weighted by atomic mass is 16.4. The lowest BCUT2D eigenvalue weighted by atomic mass is 10.2. The molecular weight excluding hydrogens is 438 g/mol. The molecular formula is C23H33N7O4. The van der Waals surface area contributed by atoms with Gasteiger partial charge in [-0.3, -0.25) is 15.6 Å². The summed E-state index contributed by atoms with van der Waals surface area (Å²) in [6, 6.07) is 10.1. The maximum absolute atomic E-state index is 11.2. The number of likely N-dealkylation sites (N-methyl/N-ethyl adjacent to an activating group) is 1. The Kier molecular flexibility index (Phi) is 9.42. The monoisotopic (exact) mass is 471 g/mol. The number of nitrogens with zero attached hydrogens (tertiary/aromatic N) is 6. The number of carboxylic acid groups (broad SMARTS) is 2. The van der Waals surface area contributed by atoms with Crippen molar-refractivity contribution in [3.8, 4) is 0 Å². The first-order valence-electron chi connectivity index (χ1n) is 11.3. The van der Waals surface area contributed by atoms with Crippen LogP contribution in [-0.4, -0.2) is 111 Å². The molecule has 0 aliphatic carbocycles. The Morgan fingerprint density at radius 1 is 0.765 bits per heavy atom. The van der Waals surface area contributed by atoms with Crippen LogP contribution in [0.1, 0.15) is 32.4 Å². The van der Waals surface area contributed by atoms with Crippen LogP contribution in [0.3, 0.4) is 0 Å². The molecule has 0 aromatic carbocycles. The molecule has 2 aromatic heterocycles. The third-order valence-electron chi connectivity index (χ3n) is 5.83. The summed E-state index contributed by atoms with van der Waals surface area (Å²) >= 11 is 0. The standard InChI is InChI=1S/C23H33N7O4/c1-27-8-10-28(16-18-4-2-6-20(25-18)22(31)32)12-14-30(24)15-13-29(11-9-27)17-19-5-3-7-21(26-19)23(33)34/h2-7H,8-17,24H2,1H3,(H,31,32)(H,33,34). The van der Waals surface area contributed by atoms with Gasteiger partial charge in [0.25, 0.3) is 0 Å². The van der Waals surface area contributed by atoms with Crippen molar-refractivity contribution in [2.24, 2.45) is 5.84 Å². The highest BCUT2D eigenvalue weighted by Gasteiger charge is 2.16. The van der Waals surface area contributed by atoms with Crippen molar-refractivity contribution in [2.75, 3.05) is 59.4 Å². The SMILES string of the molecule is CN1CCN(Cc2cccc(C(=O)O)n2)CCN(N)CCN(Cc2cccc(C(=O)O)n2)CC1. The molecule has 1 aliphatic rings. The van der Waals surface area contributed by atoms with Gasteiger partial charge in [-0.15, -0.1) is 0 Å². The minimum atomic E-state index is -1.03. The first kappa shape index (κ1) is 25.7. The number of nitrogens with two attached hydrogens (primary N) is 1. The van der Waals surface area contributed by atoms with E-state index in [1.54, 1.807) is 17.1 Å². The lowest BCUT2D eigenvalue weighted by Gasteiger charge is -2.31. The highest BCUT2D eigenvalue weighted by molar-refractivity contribution is 5.85. The molecule has 11 nitrogen and oxygen atoms in total. The summed E-state index contributed by atoms with van der Waals surface area (Å²) < 4.78 is 0. The molecule has 0 spiro atoms. The van der Waals surface area contributed by atoms with Crippen LogP contribution in [0.2, 0.25) is 0 Å². The number of rotatable bonds is 6. The predicted molar refractivity (Wildman–Crippen MR) is 126 cm³/mol. The van der Waals surface area contributed by atoms with Crippen molar-refractivity contribution in [1.82, 2.24) is 29.7 Å². The maximum atomic E-state index is 11.2. The van der Waals surface area contributed by atoms with Crippen molar-refractivity contribution in [1.29, 1.82) is 0 Å². The average Bonchev–Trinajstić information content (AvgIpc) is 2.82. The van der Waals surface area contributed by atoms with E-state index >= 15 is 0 Å². The molecule has 0 amide bonds. The van der Waals surface area contributed by atoms with E-state index in [1.165, 1.54) is 12.1 Å². The molecule has 1 fully saturated rings. The normalized spacial score (nSPS) is 18.2. The largest absolute Gasteiger partial charge is 0.477 e. The third-order valence-corrected chi connectivity index (χ3v) is 5.83. The van der Waals surface area contributed by atoms with Crippen LogP contribution in [0.25, 0.3) is 0 Å². The molecule has 11 heteroatoms. The zero-order chi connectivity index (χ0) is 24.5. The van der Waals surface area contributed by atoms with E-state index < -0.39 is 11.9 Å². The van der Waals surface area contributed by atoms with Crippen LogP contribution < -0.4 is 5.84 Å². The van der Waals surface area contributed by atoms with Crippen molar-refractivity contribution in [2.45, 2.75) is 13.1 Å². The lowest BCUT2D eigenvalue weighted by Crippen LogP contribution is -2.47. The van der Waals surface area contributed by atoms with Crippen molar-refractivity contribution in [3.05, 3.63) is 59.2 Å². The zero-order valence-electron chi connectivity index (χ0n) is 19.5. The van der Waals surface area contributed by atoms with E-state index in [4.69, 9.17) is 5.84 Å². The van der Waals surface area contributed by atoms with Gasteiger partial charge in [0, 0.05) is 65.4 Å². The Hall–Kier alpha value is -2.96. The fraction of sp³-hybridized carbons (Fsp3) is 0.478. The maximum Gasteiger partial charge on any atom is 0.354 e. The summed E-state index contributed by atoms with van der Waals surface area (Å²) in [6.45, 7) is 7.15. The number of aromatic nitrogens is 2. The summed E-state index contributed by atoms with van der Waals surface area (Å²) in [5.41, 5.74) is 1.54. The van der Waals surface area contributed by atoms with Gasteiger partial charge >= 0.3 is 11.9 Å². The van der Waals surface area contributed by atoms with Gasteiger partial charge in [0.15, 0.2) is 0 Å². The van der Waals surface area contributed by atoms with Crippen LogP contribution in [0.5, 0.6) is 0 Å². The molecule has 2 aromatic rings. The van der Waals surface area contributed by atoms with Crippen molar-refractivity contribution >= 4 is 11.9 Å². The molecule has 0 radical (unpaired) electrons. The lowest BCUT2D eigenvalue weighted by molar-refractivity contribution is 0.0679. The number of carbonyl (C=O) groups is 2. The van der Waals surface area contributed by atoms with E-state index in [2.05, 4.69) is 31.7 Å². The van der Waals surface area contributed by atoms with Gasteiger partial charge in [0.05, 0.1) is 11.4 Å². The smallest absolute Gasteiger partial charge is 0.354 e. The Balaban J connectivity index is 1.61. The van der Waals surface area contributed by atoms with E-state index in [1.807, 2.05) is 12.1 Å². The van der Waals surface area contributed by atoms with Gasteiger partial charge in [-0.25, -0.2) is 24.6 Å². The number of hydrogen-bond donors (Lipinski definition) is 3. The molecule has 0 unspecified atom stereocenters. The van der Waals surface area contributed by atoms with Crippen LogP contribution in [0.15, 0.2) is 36.4 Å². The highest BCUT2D eigenvalue weighted by Crippen LogP contribution is 2.08. The Morgan fingerprint density at radius 3 is 1.59 bits per heavy atom. The Bertz CT molecular complexity index is 880. The van der Waals surface area contributed by atoms with Gasteiger partial charge < -0.3 is 15.1 Å². The number of pyridine rings is 2. The minimum Gasteiger partial charge on any atom is -0.477 e. The predicted octanol–water partition coefficient (Wildman–Crippen LogP) is 0.298. The second kappa shape index (κ2) is 12.5. The number of carboxylic acids is 2. The van der Waals surface area contributed by atoms with E-state index in [0.29, 0.717) is 26.2 Å². The average molecular weight is 472 g/mol. The van der Waals surface area contributed by atoms with Crippen molar-refractivity contribution in [3.63, 3.8) is 0 Å². The summed E-state index contributed by atoms with van der Waals surface area (Å²) in [7, 11) is 2.07. The first-order chi connectivity index (χ1) is 16.3.